The molecule has 2 rings (SSSR count). The number of hydrogen-bond donors (Lipinski definition) is 2. The summed E-state index contributed by atoms with van der Waals surface area (Å²) in [7, 11) is 0. The van der Waals surface area contributed by atoms with E-state index in [0.717, 1.165) is 18.4 Å². The fraction of sp³-hybridized carbons (Fsp3) is 0.500. The maximum absolute atomic E-state index is 12.2. The molecule has 1 aromatic carbocycles. The molecule has 0 saturated carbocycles. The Morgan fingerprint density at radius 1 is 1.50 bits per heavy atom. The molecule has 1 fully saturated rings. The zero-order chi connectivity index (χ0) is 13.1. The first-order valence-electron chi connectivity index (χ1n) is 6.35. The second-order valence-corrected chi connectivity index (χ2v) is 4.91. The van der Waals surface area contributed by atoms with Gasteiger partial charge in [0.25, 0.3) is 5.91 Å². The van der Waals surface area contributed by atoms with Crippen LogP contribution in [0.25, 0.3) is 0 Å². The topological polar surface area (TPSA) is 64.3 Å². The van der Waals surface area contributed by atoms with Gasteiger partial charge >= 0.3 is 0 Å². The van der Waals surface area contributed by atoms with Crippen molar-refractivity contribution in [3.8, 4) is 0 Å². The fourth-order valence-electron chi connectivity index (χ4n) is 2.27. The van der Waals surface area contributed by atoms with Crippen LogP contribution in [0.1, 0.15) is 35.7 Å². The molecule has 2 atom stereocenters. The molecular formula is C14H20N2O2. The van der Waals surface area contributed by atoms with E-state index in [0.29, 0.717) is 17.9 Å². The molecule has 98 valence electrons. The molecule has 1 aromatic rings. The number of ether oxygens (including phenoxy) is 1. The minimum atomic E-state index is -0.0877. The van der Waals surface area contributed by atoms with Gasteiger partial charge in [0.05, 0.1) is 11.7 Å². The number of nitrogens with one attached hydrogen (secondary N) is 1. The molecule has 1 amide bonds. The van der Waals surface area contributed by atoms with Crippen LogP contribution in [0.5, 0.6) is 0 Å². The zero-order valence-corrected chi connectivity index (χ0v) is 10.9. The highest BCUT2D eigenvalue weighted by molar-refractivity contribution is 5.99. The summed E-state index contributed by atoms with van der Waals surface area (Å²) in [5.41, 5.74) is 7.99. The summed E-state index contributed by atoms with van der Waals surface area (Å²) in [4.78, 5) is 12.2. The van der Waals surface area contributed by atoms with Crippen molar-refractivity contribution in [1.82, 2.24) is 5.32 Å². The van der Waals surface area contributed by atoms with Gasteiger partial charge in [0, 0.05) is 18.3 Å². The van der Waals surface area contributed by atoms with Crippen molar-refractivity contribution in [1.29, 1.82) is 0 Å². The van der Waals surface area contributed by atoms with Gasteiger partial charge in [0.1, 0.15) is 0 Å². The summed E-state index contributed by atoms with van der Waals surface area (Å²) in [5.74, 6) is -0.0877. The lowest BCUT2D eigenvalue weighted by molar-refractivity contribution is 0.0137. The Labute approximate surface area is 108 Å². The maximum Gasteiger partial charge on any atom is 0.253 e. The highest BCUT2D eigenvalue weighted by Gasteiger charge is 2.22. The first-order chi connectivity index (χ1) is 8.58. The summed E-state index contributed by atoms with van der Waals surface area (Å²) in [6, 6.07) is 5.71. The van der Waals surface area contributed by atoms with Crippen molar-refractivity contribution in [3.05, 3.63) is 29.3 Å². The summed E-state index contributed by atoms with van der Waals surface area (Å²) in [6.45, 7) is 4.64. The average molecular weight is 248 g/mol. The number of anilines is 1. The van der Waals surface area contributed by atoms with E-state index in [1.54, 1.807) is 6.07 Å². The monoisotopic (exact) mass is 248 g/mol. The third-order valence-corrected chi connectivity index (χ3v) is 3.39. The molecule has 1 aliphatic heterocycles. The van der Waals surface area contributed by atoms with E-state index in [9.17, 15) is 4.79 Å². The van der Waals surface area contributed by atoms with Crippen LogP contribution in [-0.2, 0) is 4.74 Å². The molecule has 4 nitrogen and oxygen atoms in total. The highest BCUT2D eigenvalue weighted by atomic mass is 16.5. The van der Waals surface area contributed by atoms with E-state index >= 15 is 0 Å². The van der Waals surface area contributed by atoms with Gasteiger partial charge in [-0.3, -0.25) is 4.79 Å². The number of carbonyl (C=O) groups excluding carboxylic acids is 1. The van der Waals surface area contributed by atoms with Gasteiger partial charge in [-0.2, -0.15) is 0 Å². The van der Waals surface area contributed by atoms with Gasteiger partial charge in [-0.25, -0.2) is 0 Å². The number of para-hydroxylation sites is 1. The molecule has 0 aliphatic carbocycles. The van der Waals surface area contributed by atoms with E-state index in [2.05, 4.69) is 5.32 Å². The van der Waals surface area contributed by atoms with Crippen LogP contribution < -0.4 is 11.1 Å². The number of carbonyl (C=O) groups is 1. The smallest absolute Gasteiger partial charge is 0.253 e. The van der Waals surface area contributed by atoms with Crippen LogP contribution >= 0.6 is 0 Å². The van der Waals surface area contributed by atoms with Crippen molar-refractivity contribution in [2.45, 2.75) is 38.8 Å². The van der Waals surface area contributed by atoms with Crippen molar-refractivity contribution >= 4 is 11.6 Å². The summed E-state index contributed by atoms with van der Waals surface area (Å²) in [5, 5.41) is 3.03. The maximum atomic E-state index is 12.2. The number of nitrogens with two attached hydrogens (primary N) is 1. The number of rotatable bonds is 2. The molecule has 2 unspecified atom stereocenters. The molecule has 1 aliphatic rings. The quantitative estimate of drug-likeness (QED) is 0.785. The highest BCUT2D eigenvalue weighted by Crippen LogP contribution is 2.18. The second-order valence-electron chi connectivity index (χ2n) is 4.91. The lowest BCUT2D eigenvalue weighted by Gasteiger charge is -2.28. The Hall–Kier alpha value is -1.55. The molecule has 0 bridgehead atoms. The minimum absolute atomic E-state index is 0.0877. The van der Waals surface area contributed by atoms with Gasteiger partial charge in [0.15, 0.2) is 0 Å². The van der Waals surface area contributed by atoms with Crippen LogP contribution in [0.15, 0.2) is 18.2 Å². The summed E-state index contributed by atoms with van der Waals surface area (Å²) in [6.07, 6.45) is 1.93. The van der Waals surface area contributed by atoms with Crippen molar-refractivity contribution in [3.63, 3.8) is 0 Å². The van der Waals surface area contributed by atoms with Crippen molar-refractivity contribution in [2.75, 3.05) is 12.3 Å². The Morgan fingerprint density at radius 2 is 2.28 bits per heavy atom. The molecular weight excluding hydrogens is 228 g/mol. The predicted octanol–water partition coefficient (Wildman–Crippen LogP) is 1.87. The van der Waals surface area contributed by atoms with Gasteiger partial charge in [-0.05, 0) is 38.3 Å². The molecule has 1 saturated heterocycles. The number of aryl methyl sites for hydroxylation is 1. The Balaban J connectivity index is 2.05. The molecule has 1 heterocycles. The molecule has 0 aromatic heterocycles. The molecule has 4 heteroatoms. The van der Waals surface area contributed by atoms with Crippen LogP contribution in [0.4, 0.5) is 5.69 Å². The first-order valence-corrected chi connectivity index (χ1v) is 6.35. The third-order valence-electron chi connectivity index (χ3n) is 3.39. The average Bonchev–Trinajstić information content (AvgIpc) is 2.32. The van der Waals surface area contributed by atoms with Gasteiger partial charge < -0.3 is 15.8 Å². The lowest BCUT2D eigenvalue weighted by Crippen LogP contribution is -2.41. The SMILES string of the molecule is Cc1cccc(C(=O)NC2CCOC(C)C2)c1N. The fourth-order valence-corrected chi connectivity index (χ4v) is 2.27. The van der Waals surface area contributed by atoms with Gasteiger partial charge in [0.2, 0.25) is 0 Å². The van der Waals surface area contributed by atoms with Gasteiger partial charge in [-0.15, -0.1) is 0 Å². The first kappa shape index (κ1) is 12.9. The van der Waals surface area contributed by atoms with Crippen LogP contribution in [0.2, 0.25) is 0 Å². The van der Waals surface area contributed by atoms with E-state index in [-0.39, 0.29) is 18.1 Å². The van der Waals surface area contributed by atoms with Gasteiger partial charge in [-0.1, -0.05) is 12.1 Å². The predicted molar refractivity (Wildman–Crippen MR) is 71.5 cm³/mol. The van der Waals surface area contributed by atoms with Crippen molar-refractivity contribution in [2.24, 2.45) is 0 Å². The normalized spacial score (nSPS) is 23.7. The standard InChI is InChI=1S/C14H20N2O2/c1-9-4-3-5-12(13(9)15)14(17)16-11-6-7-18-10(2)8-11/h3-5,10-11H,6-8,15H2,1-2H3,(H,16,17). The largest absolute Gasteiger partial charge is 0.398 e. The molecule has 0 radical (unpaired) electrons. The second kappa shape index (κ2) is 5.40. The number of amides is 1. The number of hydrogen-bond acceptors (Lipinski definition) is 3. The van der Waals surface area contributed by atoms with E-state index in [4.69, 9.17) is 10.5 Å². The van der Waals surface area contributed by atoms with Crippen LogP contribution in [-0.4, -0.2) is 24.7 Å². The van der Waals surface area contributed by atoms with E-state index in [1.165, 1.54) is 0 Å². The number of nitrogen functional groups attached to an aromatic ring is 1. The van der Waals surface area contributed by atoms with E-state index < -0.39 is 0 Å². The Bertz CT molecular complexity index is 445. The summed E-state index contributed by atoms with van der Waals surface area (Å²) < 4.78 is 5.46. The molecule has 3 N–H and O–H groups in total. The minimum Gasteiger partial charge on any atom is -0.398 e. The number of benzene rings is 1. The van der Waals surface area contributed by atoms with Crippen molar-refractivity contribution < 1.29 is 9.53 Å². The summed E-state index contributed by atoms with van der Waals surface area (Å²) >= 11 is 0. The Morgan fingerprint density at radius 3 is 3.00 bits per heavy atom. The Kier molecular flexibility index (Phi) is 3.87. The molecule has 0 spiro atoms. The third kappa shape index (κ3) is 2.82. The van der Waals surface area contributed by atoms with Crippen LogP contribution in [0.3, 0.4) is 0 Å². The zero-order valence-electron chi connectivity index (χ0n) is 10.9. The van der Waals surface area contributed by atoms with Crippen LogP contribution in [0, 0.1) is 6.92 Å². The molecule has 18 heavy (non-hydrogen) atoms. The van der Waals surface area contributed by atoms with E-state index in [1.807, 2.05) is 26.0 Å². The lowest BCUT2D eigenvalue weighted by atomic mass is 10.0.